The lowest BCUT2D eigenvalue weighted by atomic mass is 9.90. The molecular formula is C16H20ClNO. The highest BCUT2D eigenvalue weighted by molar-refractivity contribution is 6.35. The van der Waals surface area contributed by atoms with E-state index in [4.69, 9.17) is 11.6 Å². The molecule has 2 aromatic rings. The molecule has 1 atom stereocenters. The van der Waals surface area contributed by atoms with Crippen LogP contribution >= 0.6 is 11.6 Å². The summed E-state index contributed by atoms with van der Waals surface area (Å²) < 4.78 is 0. The molecule has 19 heavy (non-hydrogen) atoms. The Morgan fingerprint density at radius 2 is 2.16 bits per heavy atom. The molecule has 0 saturated carbocycles. The molecule has 0 spiro atoms. The quantitative estimate of drug-likeness (QED) is 0.721. The molecule has 1 heterocycles. The van der Waals surface area contributed by atoms with Crippen LogP contribution < -0.4 is 0 Å². The number of unbranched alkanes of at least 4 members (excludes halogenated alkanes) is 1. The predicted octanol–water partition coefficient (Wildman–Crippen LogP) is 5.22. The maximum Gasteiger partial charge on any atom is 0.168 e. The molecule has 0 amide bonds. The summed E-state index contributed by atoms with van der Waals surface area (Å²) in [4.78, 5) is 15.7. The van der Waals surface area contributed by atoms with E-state index < -0.39 is 0 Å². The number of H-pyrrole nitrogens is 1. The van der Waals surface area contributed by atoms with Gasteiger partial charge in [-0.2, -0.15) is 0 Å². The van der Waals surface area contributed by atoms with E-state index in [9.17, 15) is 4.79 Å². The first-order valence-corrected chi connectivity index (χ1v) is 7.36. The van der Waals surface area contributed by atoms with Crippen molar-refractivity contribution in [3.8, 4) is 0 Å². The average Bonchev–Trinajstić information content (AvgIpc) is 2.84. The molecule has 0 aliphatic heterocycles. The van der Waals surface area contributed by atoms with Crippen LogP contribution in [-0.4, -0.2) is 10.8 Å². The fourth-order valence-electron chi connectivity index (χ4n) is 2.51. The summed E-state index contributed by atoms with van der Waals surface area (Å²) in [6.07, 6.45) is 5.90. The van der Waals surface area contributed by atoms with Crippen LogP contribution in [0.2, 0.25) is 5.02 Å². The van der Waals surface area contributed by atoms with Gasteiger partial charge < -0.3 is 4.98 Å². The molecule has 1 aromatic carbocycles. The highest BCUT2D eigenvalue weighted by atomic mass is 35.5. The first kappa shape index (κ1) is 14.1. The Morgan fingerprint density at radius 3 is 2.84 bits per heavy atom. The van der Waals surface area contributed by atoms with E-state index in [1.54, 1.807) is 6.20 Å². The van der Waals surface area contributed by atoms with Gasteiger partial charge in [0, 0.05) is 23.1 Å². The molecule has 0 bridgehead atoms. The number of nitrogens with one attached hydrogen (secondary N) is 1. The SMILES string of the molecule is CCCCC(CC)C(=O)c1c[nH]c2c(Cl)cccc12. The van der Waals surface area contributed by atoms with E-state index in [1.165, 1.54) is 0 Å². The zero-order chi connectivity index (χ0) is 13.8. The third-order valence-corrected chi connectivity index (χ3v) is 4.01. The van der Waals surface area contributed by atoms with Crippen LogP contribution in [0.1, 0.15) is 49.9 Å². The Bertz CT molecular complexity index is 573. The summed E-state index contributed by atoms with van der Waals surface area (Å²) in [6, 6.07) is 5.68. The van der Waals surface area contributed by atoms with Gasteiger partial charge in [0.05, 0.1) is 10.5 Å². The molecular weight excluding hydrogens is 258 g/mol. The van der Waals surface area contributed by atoms with Crippen LogP contribution in [0.3, 0.4) is 0 Å². The van der Waals surface area contributed by atoms with Crippen molar-refractivity contribution in [2.24, 2.45) is 5.92 Å². The number of carbonyl (C=O) groups excluding carboxylic acids is 1. The fraction of sp³-hybridized carbons (Fsp3) is 0.438. The van der Waals surface area contributed by atoms with Crippen molar-refractivity contribution in [3.63, 3.8) is 0 Å². The molecule has 0 aliphatic rings. The van der Waals surface area contributed by atoms with Crippen molar-refractivity contribution >= 4 is 28.3 Å². The largest absolute Gasteiger partial charge is 0.359 e. The molecule has 3 heteroatoms. The highest BCUT2D eigenvalue weighted by Gasteiger charge is 2.21. The lowest BCUT2D eigenvalue weighted by Gasteiger charge is -2.12. The van der Waals surface area contributed by atoms with E-state index in [2.05, 4.69) is 18.8 Å². The minimum atomic E-state index is 0.123. The molecule has 0 radical (unpaired) electrons. The second kappa shape index (κ2) is 6.25. The predicted molar refractivity (Wildman–Crippen MR) is 80.9 cm³/mol. The fourth-order valence-corrected chi connectivity index (χ4v) is 2.74. The number of halogens is 1. The van der Waals surface area contributed by atoms with Crippen LogP contribution in [0.15, 0.2) is 24.4 Å². The standard InChI is InChI=1S/C16H20ClNO/c1-3-5-7-11(4-2)16(19)13-10-18-15-12(13)8-6-9-14(15)17/h6,8-11,18H,3-5,7H2,1-2H3. The van der Waals surface area contributed by atoms with Gasteiger partial charge in [-0.1, -0.05) is 50.4 Å². The summed E-state index contributed by atoms with van der Waals surface area (Å²) in [5, 5.41) is 1.60. The minimum absolute atomic E-state index is 0.123. The second-order valence-corrected chi connectivity index (χ2v) is 5.38. The second-order valence-electron chi connectivity index (χ2n) is 4.98. The lowest BCUT2D eigenvalue weighted by molar-refractivity contribution is 0.0910. The van der Waals surface area contributed by atoms with Crippen LogP contribution in [0, 0.1) is 5.92 Å². The summed E-state index contributed by atoms with van der Waals surface area (Å²) in [6.45, 7) is 4.24. The number of aromatic nitrogens is 1. The Morgan fingerprint density at radius 1 is 1.37 bits per heavy atom. The monoisotopic (exact) mass is 277 g/mol. The zero-order valence-electron chi connectivity index (χ0n) is 11.5. The lowest BCUT2D eigenvalue weighted by Crippen LogP contribution is -2.13. The first-order valence-electron chi connectivity index (χ1n) is 6.98. The van der Waals surface area contributed by atoms with Gasteiger partial charge in [0.2, 0.25) is 0 Å². The van der Waals surface area contributed by atoms with Gasteiger partial charge in [0.25, 0.3) is 0 Å². The van der Waals surface area contributed by atoms with E-state index in [1.807, 2.05) is 18.2 Å². The van der Waals surface area contributed by atoms with Gasteiger partial charge >= 0.3 is 0 Å². The van der Waals surface area contributed by atoms with E-state index in [0.29, 0.717) is 5.02 Å². The molecule has 1 unspecified atom stereocenters. The molecule has 0 aliphatic carbocycles. The van der Waals surface area contributed by atoms with Gasteiger partial charge in [-0.3, -0.25) is 4.79 Å². The number of Topliss-reactive ketones (excluding diaryl/α,β-unsaturated/α-hetero) is 1. The molecule has 1 aromatic heterocycles. The Labute approximate surface area is 119 Å². The van der Waals surface area contributed by atoms with Crippen molar-refractivity contribution in [1.82, 2.24) is 4.98 Å². The van der Waals surface area contributed by atoms with Gasteiger partial charge in [0.1, 0.15) is 0 Å². The summed E-state index contributed by atoms with van der Waals surface area (Å²) in [5.41, 5.74) is 1.64. The maximum atomic E-state index is 12.6. The number of hydrogen-bond acceptors (Lipinski definition) is 1. The molecule has 2 rings (SSSR count). The molecule has 0 saturated heterocycles. The third kappa shape index (κ3) is 2.84. The van der Waals surface area contributed by atoms with Crippen molar-refractivity contribution < 1.29 is 4.79 Å². The van der Waals surface area contributed by atoms with Crippen LogP contribution in [0.4, 0.5) is 0 Å². The molecule has 0 fully saturated rings. The zero-order valence-corrected chi connectivity index (χ0v) is 12.3. The number of ketones is 1. The van der Waals surface area contributed by atoms with E-state index in [-0.39, 0.29) is 11.7 Å². The summed E-state index contributed by atoms with van der Waals surface area (Å²) in [5.74, 6) is 0.363. The first-order chi connectivity index (χ1) is 9.19. The number of para-hydroxylation sites is 1. The van der Waals surface area contributed by atoms with Gasteiger partial charge in [0.15, 0.2) is 5.78 Å². The number of hydrogen-bond donors (Lipinski definition) is 1. The van der Waals surface area contributed by atoms with Gasteiger partial charge in [-0.25, -0.2) is 0 Å². The number of rotatable bonds is 6. The average molecular weight is 278 g/mol. The molecule has 1 N–H and O–H groups in total. The van der Waals surface area contributed by atoms with Crippen molar-refractivity contribution in [3.05, 3.63) is 35.0 Å². The Kier molecular flexibility index (Phi) is 4.65. The smallest absolute Gasteiger partial charge is 0.168 e. The summed E-state index contributed by atoms with van der Waals surface area (Å²) in [7, 11) is 0. The van der Waals surface area contributed by atoms with Crippen molar-refractivity contribution in [2.45, 2.75) is 39.5 Å². The normalized spacial score (nSPS) is 12.8. The van der Waals surface area contributed by atoms with Crippen LogP contribution in [0.5, 0.6) is 0 Å². The summed E-state index contributed by atoms with van der Waals surface area (Å²) >= 11 is 6.13. The maximum absolute atomic E-state index is 12.6. The van der Waals surface area contributed by atoms with E-state index in [0.717, 1.165) is 42.1 Å². The number of benzene rings is 1. The highest BCUT2D eigenvalue weighted by Crippen LogP contribution is 2.28. The van der Waals surface area contributed by atoms with Gasteiger partial charge in [-0.15, -0.1) is 0 Å². The van der Waals surface area contributed by atoms with Crippen molar-refractivity contribution in [1.29, 1.82) is 0 Å². The van der Waals surface area contributed by atoms with Crippen molar-refractivity contribution in [2.75, 3.05) is 0 Å². The van der Waals surface area contributed by atoms with Crippen LogP contribution in [0.25, 0.3) is 10.9 Å². The third-order valence-electron chi connectivity index (χ3n) is 3.70. The minimum Gasteiger partial charge on any atom is -0.359 e. The number of carbonyl (C=O) groups is 1. The van der Waals surface area contributed by atoms with E-state index >= 15 is 0 Å². The number of fused-ring (bicyclic) bond motifs is 1. The Hall–Kier alpha value is -1.28. The molecule has 102 valence electrons. The topological polar surface area (TPSA) is 32.9 Å². The van der Waals surface area contributed by atoms with Gasteiger partial charge in [-0.05, 0) is 18.9 Å². The van der Waals surface area contributed by atoms with Crippen LogP contribution in [-0.2, 0) is 0 Å². The Balaban J connectivity index is 2.33. The number of aromatic amines is 1. The molecule has 2 nitrogen and oxygen atoms in total.